The largest absolute Gasteiger partial charge is 0.355 e. The number of hydrogen-bond acceptors (Lipinski definition) is 4. The van der Waals surface area contributed by atoms with E-state index < -0.39 is 0 Å². The highest BCUT2D eigenvalue weighted by atomic mass is 32.2. The van der Waals surface area contributed by atoms with Crippen LogP contribution in [0.2, 0.25) is 0 Å². The molecule has 1 N–H and O–H groups in total. The van der Waals surface area contributed by atoms with Crippen molar-refractivity contribution in [2.75, 3.05) is 23.7 Å². The molecule has 1 aliphatic heterocycles. The van der Waals surface area contributed by atoms with Crippen LogP contribution in [0, 0.1) is 19.7 Å². The van der Waals surface area contributed by atoms with E-state index in [9.17, 15) is 14.0 Å². The van der Waals surface area contributed by atoms with Crippen molar-refractivity contribution in [3.63, 3.8) is 0 Å². The smallest absolute Gasteiger partial charge is 0.240 e. The molecule has 2 amide bonds. The summed E-state index contributed by atoms with van der Waals surface area (Å²) >= 11 is 1.45. The number of aromatic nitrogens is 2. The number of amides is 2. The number of anilines is 1. The van der Waals surface area contributed by atoms with E-state index in [0.717, 1.165) is 40.1 Å². The number of fused-ring (bicyclic) bond motifs is 1. The quantitative estimate of drug-likeness (QED) is 0.456. The third-order valence-electron chi connectivity index (χ3n) is 6.63. The minimum Gasteiger partial charge on any atom is -0.355 e. The first-order valence-corrected chi connectivity index (χ1v) is 13.7. The maximum atomic E-state index is 14.4. The van der Waals surface area contributed by atoms with E-state index in [-0.39, 0.29) is 40.6 Å². The standard InChI is InChI=1S/C29H35FN4O2S/c1-7-14-31-23(35)16-33-24(36)17-37-26(20-11-9-12-21(30)15-20)25-27(29(4,5)6)32-34(28(25)33)22-13-8-10-18(2)19(22)3/h8-13,15,26H,7,14,16-17H2,1-6H3,(H,31,35)/t26-/m1/s1. The second-order valence-corrected chi connectivity index (χ2v) is 11.6. The molecule has 1 atom stereocenters. The maximum Gasteiger partial charge on any atom is 0.240 e. The molecular weight excluding hydrogens is 487 g/mol. The van der Waals surface area contributed by atoms with Gasteiger partial charge in [-0.2, -0.15) is 5.10 Å². The molecule has 1 aliphatic rings. The minimum atomic E-state index is -0.372. The number of nitrogens with zero attached hydrogens (tertiary/aromatic N) is 3. The predicted molar refractivity (Wildman–Crippen MR) is 148 cm³/mol. The molecular formula is C29H35FN4O2S. The van der Waals surface area contributed by atoms with Gasteiger partial charge in [0.1, 0.15) is 18.2 Å². The number of carbonyl (C=O) groups excluding carboxylic acids is 2. The van der Waals surface area contributed by atoms with E-state index in [0.29, 0.717) is 12.4 Å². The van der Waals surface area contributed by atoms with Gasteiger partial charge < -0.3 is 5.32 Å². The highest BCUT2D eigenvalue weighted by Crippen LogP contribution is 2.48. The Kier molecular flexibility index (Phi) is 7.78. The Morgan fingerprint density at radius 3 is 2.59 bits per heavy atom. The van der Waals surface area contributed by atoms with Crippen LogP contribution in [0.5, 0.6) is 0 Å². The third-order valence-corrected chi connectivity index (χ3v) is 7.88. The molecule has 0 bridgehead atoms. The van der Waals surface area contributed by atoms with E-state index in [1.165, 1.54) is 23.9 Å². The van der Waals surface area contributed by atoms with Gasteiger partial charge in [-0.05, 0) is 55.2 Å². The lowest BCUT2D eigenvalue weighted by molar-refractivity contribution is -0.122. The molecule has 37 heavy (non-hydrogen) atoms. The fourth-order valence-corrected chi connectivity index (χ4v) is 5.79. The molecule has 8 heteroatoms. The summed E-state index contributed by atoms with van der Waals surface area (Å²) < 4.78 is 16.2. The summed E-state index contributed by atoms with van der Waals surface area (Å²) in [6, 6.07) is 12.5. The maximum absolute atomic E-state index is 14.4. The van der Waals surface area contributed by atoms with Crippen LogP contribution in [0.1, 0.15) is 67.3 Å². The molecule has 0 spiro atoms. The van der Waals surface area contributed by atoms with Gasteiger partial charge in [0.05, 0.1) is 22.4 Å². The van der Waals surface area contributed by atoms with Gasteiger partial charge in [-0.15, -0.1) is 11.8 Å². The number of thioether (sulfide) groups is 1. The average Bonchev–Trinajstić information content (AvgIpc) is 3.17. The molecule has 1 aromatic heterocycles. The summed E-state index contributed by atoms with van der Waals surface area (Å²) in [5.74, 6) is 0.0118. The van der Waals surface area contributed by atoms with Crippen molar-refractivity contribution in [1.29, 1.82) is 0 Å². The second-order valence-electron chi connectivity index (χ2n) is 10.5. The number of rotatable bonds is 6. The van der Waals surface area contributed by atoms with Crippen molar-refractivity contribution < 1.29 is 14.0 Å². The van der Waals surface area contributed by atoms with E-state index in [1.54, 1.807) is 11.0 Å². The van der Waals surface area contributed by atoms with Crippen LogP contribution in [-0.4, -0.2) is 40.4 Å². The van der Waals surface area contributed by atoms with Crippen LogP contribution in [0.15, 0.2) is 42.5 Å². The van der Waals surface area contributed by atoms with E-state index >= 15 is 0 Å². The average molecular weight is 523 g/mol. The van der Waals surface area contributed by atoms with Crippen LogP contribution in [0.4, 0.5) is 10.2 Å². The molecule has 2 aromatic carbocycles. The number of hydrogen-bond donors (Lipinski definition) is 1. The Hall–Kier alpha value is -3.13. The van der Waals surface area contributed by atoms with Gasteiger partial charge in [0.15, 0.2) is 0 Å². The van der Waals surface area contributed by atoms with Gasteiger partial charge in [0.2, 0.25) is 11.8 Å². The molecule has 4 rings (SSSR count). The fraction of sp³-hybridized carbons (Fsp3) is 0.414. The Labute approximate surface area is 222 Å². The Morgan fingerprint density at radius 2 is 1.92 bits per heavy atom. The summed E-state index contributed by atoms with van der Waals surface area (Å²) in [6.45, 7) is 12.7. The molecule has 0 fully saturated rings. The van der Waals surface area contributed by atoms with Gasteiger partial charge in [-0.3, -0.25) is 14.5 Å². The minimum absolute atomic E-state index is 0.109. The van der Waals surface area contributed by atoms with Gasteiger partial charge in [-0.25, -0.2) is 9.07 Å². The summed E-state index contributed by atoms with van der Waals surface area (Å²) in [5, 5.41) is 7.69. The van der Waals surface area contributed by atoms with Crippen LogP contribution in [0.25, 0.3) is 5.69 Å². The monoisotopic (exact) mass is 522 g/mol. The van der Waals surface area contributed by atoms with Crippen molar-refractivity contribution in [3.8, 4) is 5.69 Å². The first-order chi connectivity index (χ1) is 17.5. The Morgan fingerprint density at radius 1 is 1.19 bits per heavy atom. The number of nitrogens with one attached hydrogen (secondary N) is 1. The molecule has 2 heterocycles. The zero-order chi connectivity index (χ0) is 26.9. The first kappa shape index (κ1) is 26.9. The molecule has 0 saturated carbocycles. The fourth-order valence-electron chi connectivity index (χ4n) is 4.60. The lowest BCUT2D eigenvalue weighted by atomic mass is 9.87. The summed E-state index contributed by atoms with van der Waals surface area (Å²) in [7, 11) is 0. The molecule has 0 aliphatic carbocycles. The van der Waals surface area contributed by atoms with Crippen molar-refractivity contribution >= 4 is 29.4 Å². The number of carbonyl (C=O) groups is 2. The molecule has 196 valence electrons. The topological polar surface area (TPSA) is 67.2 Å². The van der Waals surface area contributed by atoms with Crippen molar-refractivity contribution in [1.82, 2.24) is 15.1 Å². The molecule has 3 aromatic rings. The summed E-state index contributed by atoms with van der Waals surface area (Å²) in [4.78, 5) is 28.1. The lowest BCUT2D eigenvalue weighted by Crippen LogP contribution is -2.42. The molecule has 0 saturated heterocycles. The zero-order valence-electron chi connectivity index (χ0n) is 22.4. The number of benzene rings is 2. The molecule has 0 radical (unpaired) electrons. The van der Waals surface area contributed by atoms with Crippen LogP contribution in [0.3, 0.4) is 0 Å². The summed E-state index contributed by atoms with van der Waals surface area (Å²) in [5.41, 5.74) is 5.04. The SMILES string of the molecule is CCCNC(=O)CN1C(=O)CS[C@H](c2cccc(F)c2)c2c(C(C)(C)C)nn(-c3cccc(C)c3C)c21. The third kappa shape index (κ3) is 5.44. The molecule has 6 nitrogen and oxygen atoms in total. The Bertz CT molecular complexity index is 1330. The van der Waals surface area contributed by atoms with Gasteiger partial charge >= 0.3 is 0 Å². The second kappa shape index (κ2) is 10.7. The van der Waals surface area contributed by atoms with E-state index in [1.807, 2.05) is 49.7 Å². The van der Waals surface area contributed by atoms with Crippen molar-refractivity contribution in [3.05, 3.63) is 76.2 Å². The van der Waals surface area contributed by atoms with E-state index in [4.69, 9.17) is 5.10 Å². The first-order valence-electron chi connectivity index (χ1n) is 12.7. The zero-order valence-corrected chi connectivity index (χ0v) is 23.2. The lowest BCUT2D eigenvalue weighted by Gasteiger charge is -2.25. The van der Waals surface area contributed by atoms with Crippen molar-refractivity contribution in [2.24, 2.45) is 0 Å². The van der Waals surface area contributed by atoms with Gasteiger partial charge in [0.25, 0.3) is 0 Å². The highest BCUT2D eigenvalue weighted by Gasteiger charge is 2.40. The summed E-state index contributed by atoms with van der Waals surface area (Å²) in [6.07, 6.45) is 0.803. The van der Waals surface area contributed by atoms with Crippen LogP contribution < -0.4 is 10.2 Å². The van der Waals surface area contributed by atoms with Gasteiger partial charge in [-0.1, -0.05) is 52.0 Å². The highest BCUT2D eigenvalue weighted by molar-refractivity contribution is 8.00. The normalized spacial score (nSPS) is 15.9. The molecule has 0 unspecified atom stereocenters. The number of halogens is 1. The Balaban J connectivity index is 2.04. The predicted octanol–water partition coefficient (Wildman–Crippen LogP) is 5.62. The van der Waals surface area contributed by atoms with Crippen LogP contribution >= 0.6 is 11.8 Å². The van der Waals surface area contributed by atoms with E-state index in [2.05, 4.69) is 26.1 Å². The van der Waals surface area contributed by atoms with Crippen molar-refractivity contribution in [2.45, 2.75) is 58.6 Å². The number of aryl methyl sites for hydroxylation is 1. The van der Waals surface area contributed by atoms with Gasteiger partial charge in [0, 0.05) is 17.5 Å². The van der Waals surface area contributed by atoms with Crippen LogP contribution in [-0.2, 0) is 15.0 Å².